The number of thiazole rings is 1. The summed E-state index contributed by atoms with van der Waals surface area (Å²) in [5.74, 6) is -0.833. The van der Waals surface area contributed by atoms with E-state index in [2.05, 4.69) is 10.3 Å². The third-order valence-corrected chi connectivity index (χ3v) is 2.86. The van der Waals surface area contributed by atoms with Crippen molar-refractivity contribution < 1.29 is 13.9 Å². The molecule has 0 fully saturated rings. The quantitative estimate of drug-likeness (QED) is 0.863. The number of benzene rings is 1. The molecule has 4 nitrogen and oxygen atoms in total. The number of aromatic nitrogens is 1. The maximum atomic E-state index is 13.0. The van der Waals surface area contributed by atoms with Gasteiger partial charge in [0.25, 0.3) is 0 Å². The number of ether oxygens (including phenoxy) is 1. The highest BCUT2D eigenvalue weighted by Gasteiger charge is 2.16. The third-order valence-electron chi connectivity index (χ3n) is 2.12. The molecule has 94 valence electrons. The van der Waals surface area contributed by atoms with Crippen LogP contribution in [0, 0.1) is 5.82 Å². The van der Waals surface area contributed by atoms with Crippen molar-refractivity contribution in [3.05, 3.63) is 41.3 Å². The Morgan fingerprint density at radius 1 is 1.56 bits per heavy atom. The van der Waals surface area contributed by atoms with Crippen molar-refractivity contribution in [3.63, 3.8) is 0 Å². The van der Waals surface area contributed by atoms with Crippen LogP contribution >= 0.6 is 11.3 Å². The van der Waals surface area contributed by atoms with E-state index in [-0.39, 0.29) is 18.1 Å². The Morgan fingerprint density at radius 2 is 2.39 bits per heavy atom. The molecule has 1 heterocycles. The highest BCUT2D eigenvalue weighted by molar-refractivity contribution is 7.14. The molecule has 0 saturated carbocycles. The first-order chi connectivity index (χ1) is 8.70. The second-order valence-corrected chi connectivity index (χ2v) is 4.24. The van der Waals surface area contributed by atoms with Gasteiger partial charge in [0.2, 0.25) is 0 Å². The van der Waals surface area contributed by atoms with Crippen molar-refractivity contribution in [3.8, 4) is 0 Å². The first-order valence-corrected chi connectivity index (χ1v) is 6.22. The number of hydrogen-bond acceptors (Lipinski definition) is 5. The predicted molar refractivity (Wildman–Crippen MR) is 67.8 cm³/mol. The van der Waals surface area contributed by atoms with Crippen molar-refractivity contribution in [2.24, 2.45) is 0 Å². The molecule has 0 spiro atoms. The highest BCUT2D eigenvalue weighted by atomic mass is 32.1. The maximum absolute atomic E-state index is 13.0. The molecular weight excluding hydrogens is 255 g/mol. The fourth-order valence-electron chi connectivity index (χ4n) is 1.38. The molecule has 18 heavy (non-hydrogen) atoms. The van der Waals surface area contributed by atoms with Crippen molar-refractivity contribution in [1.82, 2.24) is 4.98 Å². The van der Waals surface area contributed by atoms with Crippen LogP contribution in [0.3, 0.4) is 0 Å². The first-order valence-electron chi connectivity index (χ1n) is 5.34. The molecule has 0 amide bonds. The molecule has 1 N–H and O–H groups in total. The van der Waals surface area contributed by atoms with Crippen LogP contribution in [0.25, 0.3) is 0 Å². The summed E-state index contributed by atoms with van der Waals surface area (Å²) in [5, 5.41) is 3.49. The van der Waals surface area contributed by atoms with Crippen molar-refractivity contribution in [2.45, 2.75) is 6.92 Å². The van der Waals surface area contributed by atoms with E-state index in [1.807, 2.05) is 0 Å². The van der Waals surface area contributed by atoms with Gasteiger partial charge in [-0.05, 0) is 25.1 Å². The fourth-order valence-corrected chi connectivity index (χ4v) is 2.07. The van der Waals surface area contributed by atoms with Gasteiger partial charge in [-0.1, -0.05) is 6.07 Å². The van der Waals surface area contributed by atoms with Gasteiger partial charge in [0.15, 0.2) is 5.69 Å². The molecular formula is C12H11FN2O2S. The second-order valence-electron chi connectivity index (χ2n) is 3.39. The van der Waals surface area contributed by atoms with Crippen LogP contribution in [0.4, 0.5) is 15.1 Å². The molecule has 0 unspecified atom stereocenters. The van der Waals surface area contributed by atoms with E-state index in [1.165, 1.54) is 29.0 Å². The fraction of sp³-hybridized carbons (Fsp3) is 0.167. The van der Waals surface area contributed by atoms with Crippen LogP contribution < -0.4 is 5.32 Å². The van der Waals surface area contributed by atoms with Gasteiger partial charge in [0.05, 0.1) is 12.1 Å². The minimum atomic E-state index is -0.488. The summed E-state index contributed by atoms with van der Waals surface area (Å²) < 4.78 is 17.9. The van der Waals surface area contributed by atoms with Gasteiger partial charge in [-0.3, -0.25) is 0 Å². The summed E-state index contributed by atoms with van der Waals surface area (Å²) in [7, 11) is 0. The standard InChI is InChI=1S/C12H11FN2O2S/c1-2-17-12(16)10-11(18-7-14-10)15-9-5-3-4-8(13)6-9/h3-7,15H,2H2,1H3. The number of nitrogens with zero attached hydrogens (tertiary/aromatic N) is 1. The van der Waals surface area contributed by atoms with E-state index in [0.29, 0.717) is 10.7 Å². The first kappa shape index (κ1) is 12.5. The second kappa shape index (κ2) is 5.59. The van der Waals surface area contributed by atoms with E-state index in [9.17, 15) is 9.18 Å². The topological polar surface area (TPSA) is 51.2 Å². The van der Waals surface area contributed by atoms with E-state index in [1.54, 1.807) is 19.1 Å². The lowest BCUT2D eigenvalue weighted by atomic mass is 10.3. The smallest absolute Gasteiger partial charge is 0.360 e. The molecule has 0 bridgehead atoms. The number of esters is 1. The maximum Gasteiger partial charge on any atom is 0.360 e. The van der Waals surface area contributed by atoms with Gasteiger partial charge in [0.1, 0.15) is 10.8 Å². The zero-order valence-electron chi connectivity index (χ0n) is 9.64. The van der Waals surface area contributed by atoms with E-state index < -0.39 is 5.97 Å². The molecule has 1 aromatic carbocycles. The summed E-state index contributed by atoms with van der Waals surface area (Å²) in [4.78, 5) is 15.5. The number of halogens is 1. The molecule has 0 aliphatic heterocycles. The number of rotatable bonds is 4. The summed E-state index contributed by atoms with van der Waals surface area (Å²) >= 11 is 1.26. The molecule has 0 aliphatic carbocycles. The van der Waals surface area contributed by atoms with Crippen molar-refractivity contribution in [1.29, 1.82) is 0 Å². The minimum absolute atomic E-state index is 0.214. The minimum Gasteiger partial charge on any atom is -0.461 e. The molecule has 0 saturated heterocycles. The highest BCUT2D eigenvalue weighted by Crippen LogP contribution is 2.25. The van der Waals surface area contributed by atoms with Crippen molar-refractivity contribution >= 4 is 28.0 Å². The van der Waals surface area contributed by atoms with Gasteiger partial charge in [-0.2, -0.15) is 0 Å². The number of carbonyl (C=O) groups is 1. The Balaban J connectivity index is 2.20. The van der Waals surface area contributed by atoms with Crippen LogP contribution in [-0.2, 0) is 4.74 Å². The molecule has 0 aliphatic rings. The van der Waals surface area contributed by atoms with Gasteiger partial charge in [0, 0.05) is 5.69 Å². The monoisotopic (exact) mass is 266 g/mol. The van der Waals surface area contributed by atoms with E-state index in [4.69, 9.17) is 4.74 Å². The van der Waals surface area contributed by atoms with Crippen LogP contribution in [-0.4, -0.2) is 17.6 Å². The molecule has 2 rings (SSSR count). The van der Waals surface area contributed by atoms with Crippen LogP contribution in [0.15, 0.2) is 29.8 Å². The summed E-state index contributed by atoms with van der Waals surface area (Å²) in [6.07, 6.45) is 0. The normalized spacial score (nSPS) is 10.1. The van der Waals surface area contributed by atoms with Crippen LogP contribution in [0.5, 0.6) is 0 Å². The summed E-state index contributed by atoms with van der Waals surface area (Å²) in [6.45, 7) is 2.01. The van der Waals surface area contributed by atoms with Gasteiger partial charge < -0.3 is 10.1 Å². The lowest BCUT2D eigenvalue weighted by Gasteiger charge is -2.05. The van der Waals surface area contributed by atoms with Crippen LogP contribution in [0.2, 0.25) is 0 Å². The molecule has 0 atom stereocenters. The van der Waals surface area contributed by atoms with E-state index in [0.717, 1.165) is 0 Å². The van der Waals surface area contributed by atoms with E-state index >= 15 is 0 Å². The Hall–Kier alpha value is -1.95. The average molecular weight is 266 g/mol. The predicted octanol–water partition coefficient (Wildman–Crippen LogP) is 3.20. The Labute approximate surface area is 107 Å². The summed E-state index contributed by atoms with van der Waals surface area (Å²) in [5.41, 5.74) is 2.31. The van der Waals surface area contributed by atoms with Gasteiger partial charge in [-0.25, -0.2) is 14.2 Å². The largest absolute Gasteiger partial charge is 0.461 e. The third kappa shape index (κ3) is 2.84. The molecule has 2 aromatic rings. The SMILES string of the molecule is CCOC(=O)c1ncsc1Nc1cccc(F)c1. The number of nitrogens with one attached hydrogen (secondary N) is 1. The zero-order valence-corrected chi connectivity index (χ0v) is 10.5. The molecule has 0 radical (unpaired) electrons. The van der Waals surface area contributed by atoms with Gasteiger partial charge in [-0.15, -0.1) is 11.3 Å². The Bertz CT molecular complexity index is 557. The summed E-state index contributed by atoms with van der Waals surface area (Å²) in [6, 6.07) is 5.99. The number of anilines is 2. The molecule has 6 heteroatoms. The zero-order chi connectivity index (χ0) is 13.0. The average Bonchev–Trinajstić information content (AvgIpc) is 2.77. The number of carbonyl (C=O) groups excluding carboxylic acids is 1. The van der Waals surface area contributed by atoms with Crippen LogP contribution in [0.1, 0.15) is 17.4 Å². The number of hydrogen-bond donors (Lipinski definition) is 1. The van der Waals surface area contributed by atoms with Gasteiger partial charge >= 0.3 is 5.97 Å². The lowest BCUT2D eigenvalue weighted by molar-refractivity contribution is 0.0521. The Morgan fingerprint density at radius 3 is 3.11 bits per heavy atom. The van der Waals surface area contributed by atoms with Crippen molar-refractivity contribution in [2.75, 3.05) is 11.9 Å². The molecule has 1 aromatic heterocycles. The Kier molecular flexibility index (Phi) is 3.88. The lowest BCUT2D eigenvalue weighted by Crippen LogP contribution is -2.07.